The number of amides is 2. The van der Waals surface area contributed by atoms with Crippen molar-refractivity contribution in [2.24, 2.45) is 0 Å². The lowest BCUT2D eigenvalue weighted by Crippen LogP contribution is -2.23. The molecule has 0 unspecified atom stereocenters. The van der Waals surface area contributed by atoms with Gasteiger partial charge < -0.3 is 19.8 Å². The molecule has 8 heteroatoms. The monoisotopic (exact) mass is 379 g/mol. The third kappa shape index (κ3) is 4.61. The Labute approximate surface area is 160 Å². The normalized spacial score (nSPS) is 10.2. The summed E-state index contributed by atoms with van der Waals surface area (Å²) in [5, 5.41) is 5.35. The second kappa shape index (κ2) is 8.63. The third-order valence-electron chi connectivity index (χ3n) is 3.81. The number of anilines is 1. The van der Waals surface area contributed by atoms with Gasteiger partial charge in [-0.05, 0) is 36.4 Å². The zero-order valence-electron chi connectivity index (χ0n) is 15.0. The minimum Gasteiger partial charge on any atom is -0.467 e. The number of esters is 1. The van der Waals surface area contributed by atoms with E-state index in [1.807, 2.05) is 0 Å². The molecule has 0 fully saturated rings. The topological polar surface area (TPSA) is 111 Å². The molecule has 8 nitrogen and oxygen atoms in total. The number of furan rings is 1. The Hall–Kier alpha value is -3.94. The maximum Gasteiger partial charge on any atom is 0.337 e. The van der Waals surface area contributed by atoms with Gasteiger partial charge in [0.05, 0.1) is 36.6 Å². The highest BCUT2D eigenvalue weighted by Crippen LogP contribution is 2.13. The first-order chi connectivity index (χ1) is 13.6. The number of nitrogens with zero attached hydrogens (tertiary/aromatic N) is 1. The fourth-order valence-electron chi connectivity index (χ4n) is 2.42. The van der Waals surface area contributed by atoms with Crippen molar-refractivity contribution in [3.05, 3.63) is 83.6 Å². The lowest BCUT2D eigenvalue weighted by molar-refractivity contribution is 0.0600. The number of hydrogen-bond acceptors (Lipinski definition) is 6. The van der Waals surface area contributed by atoms with Gasteiger partial charge in [0.2, 0.25) is 0 Å². The summed E-state index contributed by atoms with van der Waals surface area (Å²) in [6, 6.07) is 11.2. The van der Waals surface area contributed by atoms with Crippen molar-refractivity contribution < 1.29 is 23.5 Å². The maximum absolute atomic E-state index is 12.5. The van der Waals surface area contributed by atoms with Gasteiger partial charge in [-0.3, -0.25) is 14.6 Å². The van der Waals surface area contributed by atoms with Crippen LogP contribution in [0.5, 0.6) is 0 Å². The number of ether oxygens (including phenoxy) is 1. The molecule has 0 radical (unpaired) electrons. The molecule has 0 saturated heterocycles. The molecule has 0 saturated carbocycles. The van der Waals surface area contributed by atoms with E-state index in [-0.39, 0.29) is 23.6 Å². The molecule has 0 aliphatic carbocycles. The number of carbonyl (C=O) groups is 3. The summed E-state index contributed by atoms with van der Waals surface area (Å²) >= 11 is 0. The number of nitrogens with one attached hydrogen (secondary N) is 2. The SMILES string of the molecule is COC(=O)c1cccc(NC(=O)c2cncc(C(=O)NCc3ccco3)c2)c1. The van der Waals surface area contributed by atoms with Crippen molar-refractivity contribution in [3.8, 4) is 0 Å². The Morgan fingerprint density at radius 3 is 2.50 bits per heavy atom. The summed E-state index contributed by atoms with van der Waals surface area (Å²) in [7, 11) is 1.28. The van der Waals surface area contributed by atoms with Crippen LogP contribution < -0.4 is 10.6 Å². The summed E-state index contributed by atoms with van der Waals surface area (Å²) in [6.07, 6.45) is 4.23. The Morgan fingerprint density at radius 2 is 1.79 bits per heavy atom. The number of pyridine rings is 1. The smallest absolute Gasteiger partial charge is 0.337 e. The van der Waals surface area contributed by atoms with E-state index < -0.39 is 11.9 Å². The van der Waals surface area contributed by atoms with Crippen LogP contribution in [0.4, 0.5) is 5.69 Å². The van der Waals surface area contributed by atoms with Crippen LogP contribution in [-0.4, -0.2) is 29.9 Å². The fraction of sp³-hybridized carbons (Fsp3) is 0.100. The Balaban J connectivity index is 1.68. The van der Waals surface area contributed by atoms with Crippen molar-refractivity contribution in [2.75, 3.05) is 12.4 Å². The van der Waals surface area contributed by atoms with Gasteiger partial charge in [-0.25, -0.2) is 4.79 Å². The number of rotatable bonds is 6. The maximum atomic E-state index is 12.5. The second-order valence-corrected chi connectivity index (χ2v) is 5.75. The molecule has 1 aromatic carbocycles. The van der Waals surface area contributed by atoms with Crippen LogP contribution in [0.1, 0.15) is 36.8 Å². The van der Waals surface area contributed by atoms with E-state index in [4.69, 9.17) is 4.42 Å². The largest absolute Gasteiger partial charge is 0.467 e. The van der Waals surface area contributed by atoms with Crippen LogP contribution in [0.25, 0.3) is 0 Å². The number of benzene rings is 1. The van der Waals surface area contributed by atoms with E-state index in [1.165, 1.54) is 37.9 Å². The number of carbonyl (C=O) groups excluding carboxylic acids is 3. The summed E-state index contributed by atoms with van der Waals surface area (Å²) in [5.41, 5.74) is 1.17. The average Bonchev–Trinajstić information content (AvgIpc) is 3.25. The van der Waals surface area contributed by atoms with Gasteiger partial charge >= 0.3 is 5.97 Å². The second-order valence-electron chi connectivity index (χ2n) is 5.75. The van der Waals surface area contributed by atoms with Crippen molar-refractivity contribution in [1.29, 1.82) is 0 Å². The first-order valence-corrected chi connectivity index (χ1v) is 8.32. The molecule has 2 N–H and O–H groups in total. The molecule has 142 valence electrons. The van der Waals surface area contributed by atoms with Crippen molar-refractivity contribution in [1.82, 2.24) is 10.3 Å². The van der Waals surface area contributed by atoms with Crippen LogP contribution in [0.2, 0.25) is 0 Å². The molecule has 3 aromatic rings. The highest BCUT2D eigenvalue weighted by atomic mass is 16.5. The van der Waals surface area contributed by atoms with Gasteiger partial charge in [0.1, 0.15) is 5.76 Å². The third-order valence-corrected chi connectivity index (χ3v) is 3.81. The van der Waals surface area contributed by atoms with Crippen molar-refractivity contribution >= 4 is 23.5 Å². The quantitative estimate of drug-likeness (QED) is 0.637. The molecular weight excluding hydrogens is 362 g/mol. The Morgan fingerprint density at radius 1 is 1.00 bits per heavy atom. The number of hydrogen-bond donors (Lipinski definition) is 2. The van der Waals surface area contributed by atoms with Crippen LogP contribution >= 0.6 is 0 Å². The molecule has 2 aromatic heterocycles. The predicted molar refractivity (Wildman–Crippen MR) is 99.8 cm³/mol. The number of aromatic nitrogens is 1. The Kier molecular flexibility index (Phi) is 5.81. The first-order valence-electron chi connectivity index (χ1n) is 8.32. The van der Waals surface area contributed by atoms with Crippen LogP contribution in [-0.2, 0) is 11.3 Å². The van der Waals surface area contributed by atoms with Crippen LogP contribution in [0, 0.1) is 0 Å². The molecule has 2 amide bonds. The molecule has 0 aliphatic rings. The summed E-state index contributed by atoms with van der Waals surface area (Å²) < 4.78 is 9.82. The van der Waals surface area contributed by atoms with Gasteiger partial charge in [0.25, 0.3) is 11.8 Å². The van der Waals surface area contributed by atoms with Gasteiger partial charge in [-0.2, -0.15) is 0 Å². The molecule has 2 heterocycles. The van der Waals surface area contributed by atoms with Gasteiger partial charge in [-0.15, -0.1) is 0 Å². The highest BCUT2D eigenvalue weighted by molar-refractivity contribution is 6.06. The molecule has 0 aliphatic heterocycles. The number of methoxy groups -OCH3 is 1. The predicted octanol–water partition coefficient (Wildman–Crippen LogP) is 2.64. The van der Waals surface area contributed by atoms with Gasteiger partial charge in [-0.1, -0.05) is 6.07 Å². The average molecular weight is 379 g/mol. The van der Waals surface area contributed by atoms with Crippen LogP contribution in [0.3, 0.4) is 0 Å². The lowest BCUT2D eigenvalue weighted by atomic mass is 10.1. The van der Waals surface area contributed by atoms with E-state index in [9.17, 15) is 14.4 Å². The van der Waals surface area contributed by atoms with E-state index in [2.05, 4.69) is 20.4 Å². The van der Waals surface area contributed by atoms with Crippen molar-refractivity contribution in [2.45, 2.75) is 6.54 Å². The minimum absolute atomic E-state index is 0.203. The fourth-order valence-corrected chi connectivity index (χ4v) is 2.42. The zero-order chi connectivity index (χ0) is 19.9. The first kappa shape index (κ1) is 18.8. The molecule has 28 heavy (non-hydrogen) atoms. The summed E-state index contributed by atoms with van der Waals surface area (Å²) in [6.45, 7) is 0.225. The zero-order valence-corrected chi connectivity index (χ0v) is 15.0. The summed E-state index contributed by atoms with van der Waals surface area (Å²) in [5.74, 6) is -0.741. The van der Waals surface area contributed by atoms with E-state index >= 15 is 0 Å². The van der Waals surface area contributed by atoms with E-state index in [1.54, 1.807) is 30.3 Å². The molecule has 3 rings (SSSR count). The van der Waals surface area contributed by atoms with E-state index in [0.29, 0.717) is 17.0 Å². The molecular formula is C20H17N3O5. The lowest BCUT2D eigenvalue weighted by Gasteiger charge is -2.08. The van der Waals surface area contributed by atoms with Gasteiger partial charge in [0.15, 0.2) is 0 Å². The molecule has 0 bridgehead atoms. The summed E-state index contributed by atoms with van der Waals surface area (Å²) in [4.78, 5) is 40.3. The van der Waals surface area contributed by atoms with E-state index in [0.717, 1.165) is 0 Å². The Bertz CT molecular complexity index is 999. The minimum atomic E-state index is -0.506. The van der Waals surface area contributed by atoms with Crippen LogP contribution in [0.15, 0.2) is 65.5 Å². The molecule has 0 spiro atoms. The molecule has 0 atom stereocenters. The van der Waals surface area contributed by atoms with Crippen molar-refractivity contribution in [3.63, 3.8) is 0 Å². The van der Waals surface area contributed by atoms with Gasteiger partial charge in [0, 0.05) is 18.1 Å². The standard InChI is InChI=1S/C20H17N3O5/c1-27-20(26)13-4-2-5-16(9-13)23-19(25)15-8-14(10-21-11-15)18(24)22-12-17-6-3-7-28-17/h2-11H,12H2,1H3,(H,22,24)(H,23,25). The highest BCUT2D eigenvalue weighted by Gasteiger charge is 2.13.